The Balaban J connectivity index is 1.96. The molecule has 0 aliphatic heterocycles. The van der Waals surface area contributed by atoms with Crippen LogP contribution in [0.2, 0.25) is 10.0 Å². The average Bonchev–Trinajstić information content (AvgIpc) is 3.36. The molecular weight excluding hydrogens is 399 g/mol. The molecule has 1 saturated carbocycles. The van der Waals surface area contributed by atoms with Gasteiger partial charge in [0.25, 0.3) is 0 Å². The van der Waals surface area contributed by atoms with Crippen LogP contribution >= 0.6 is 23.2 Å². The smallest absolute Gasteiger partial charge is 0.320 e. The van der Waals surface area contributed by atoms with Gasteiger partial charge in [0.1, 0.15) is 0 Å². The van der Waals surface area contributed by atoms with E-state index in [0.717, 1.165) is 11.3 Å². The van der Waals surface area contributed by atoms with Crippen molar-refractivity contribution in [3.8, 4) is 0 Å². The lowest BCUT2D eigenvalue weighted by Gasteiger charge is -2.26. The summed E-state index contributed by atoms with van der Waals surface area (Å²) in [6, 6.07) is 14.4. The number of carbonyl (C=O) groups is 2. The van der Waals surface area contributed by atoms with E-state index < -0.39 is 22.7 Å². The van der Waals surface area contributed by atoms with Crippen LogP contribution in [0.1, 0.15) is 24.4 Å². The normalized spacial score (nSPS) is 24.2. The van der Waals surface area contributed by atoms with Crippen molar-refractivity contribution in [3.05, 3.63) is 76.8 Å². The molecule has 0 bridgehead atoms. The SMILES string of the molecule is C=C[C@@]1(C[C@H](Nc2ccc(Cl)c(Cl)c2)c2ccccc2)C[C@]1(C(N)=O)C(=O)O. The highest BCUT2D eigenvalue weighted by atomic mass is 35.5. The van der Waals surface area contributed by atoms with Crippen molar-refractivity contribution in [2.24, 2.45) is 16.6 Å². The van der Waals surface area contributed by atoms with Crippen LogP contribution in [0.5, 0.6) is 0 Å². The summed E-state index contributed by atoms with van der Waals surface area (Å²) >= 11 is 12.1. The van der Waals surface area contributed by atoms with E-state index in [1.54, 1.807) is 24.3 Å². The molecule has 146 valence electrons. The highest BCUT2D eigenvalue weighted by molar-refractivity contribution is 6.42. The molecule has 0 spiro atoms. The zero-order chi connectivity index (χ0) is 20.5. The number of nitrogens with two attached hydrogens (primary N) is 1. The molecule has 0 radical (unpaired) electrons. The molecule has 0 saturated heterocycles. The number of anilines is 1. The van der Waals surface area contributed by atoms with E-state index >= 15 is 0 Å². The quantitative estimate of drug-likeness (QED) is 0.428. The number of aliphatic carboxylic acids is 1. The number of benzene rings is 2. The number of carbonyl (C=O) groups excluding carboxylic acids is 1. The van der Waals surface area contributed by atoms with Crippen LogP contribution in [0.25, 0.3) is 0 Å². The number of rotatable bonds is 8. The molecule has 5 nitrogen and oxygen atoms in total. The van der Waals surface area contributed by atoms with Gasteiger partial charge in [0.05, 0.1) is 16.1 Å². The summed E-state index contributed by atoms with van der Waals surface area (Å²) in [5.74, 6) is -2.07. The van der Waals surface area contributed by atoms with Gasteiger partial charge in [0.2, 0.25) is 5.91 Å². The number of primary amides is 1. The second kappa shape index (κ2) is 7.49. The zero-order valence-corrected chi connectivity index (χ0v) is 16.5. The Kier molecular flexibility index (Phi) is 5.41. The van der Waals surface area contributed by atoms with Crippen LogP contribution in [0.3, 0.4) is 0 Å². The second-order valence-corrected chi connectivity index (χ2v) is 7.87. The monoisotopic (exact) mass is 418 g/mol. The van der Waals surface area contributed by atoms with Gasteiger partial charge in [-0.05, 0) is 36.6 Å². The van der Waals surface area contributed by atoms with Crippen molar-refractivity contribution in [1.29, 1.82) is 0 Å². The Hall–Kier alpha value is -2.50. The van der Waals surface area contributed by atoms with Crippen LogP contribution in [0, 0.1) is 10.8 Å². The summed E-state index contributed by atoms with van der Waals surface area (Å²) in [5.41, 5.74) is 4.56. The molecule has 3 rings (SSSR count). The lowest BCUT2D eigenvalue weighted by Crippen LogP contribution is -2.37. The Bertz CT molecular complexity index is 919. The maximum absolute atomic E-state index is 12.0. The summed E-state index contributed by atoms with van der Waals surface area (Å²) in [5, 5.41) is 13.9. The maximum atomic E-state index is 12.0. The lowest BCUT2D eigenvalue weighted by atomic mass is 9.84. The third-order valence-corrected chi connectivity index (χ3v) is 6.25. The highest BCUT2D eigenvalue weighted by Gasteiger charge is 2.75. The molecule has 0 aromatic heterocycles. The van der Waals surface area contributed by atoms with Crippen LogP contribution in [-0.2, 0) is 9.59 Å². The molecule has 1 fully saturated rings. The summed E-state index contributed by atoms with van der Waals surface area (Å²) in [4.78, 5) is 23.9. The van der Waals surface area contributed by atoms with Crippen LogP contribution in [-0.4, -0.2) is 17.0 Å². The number of halogens is 2. The molecule has 1 amide bonds. The molecule has 2 aromatic carbocycles. The van der Waals surface area contributed by atoms with Crippen LogP contribution < -0.4 is 11.1 Å². The highest BCUT2D eigenvalue weighted by Crippen LogP contribution is 2.68. The van der Waals surface area contributed by atoms with E-state index in [0.29, 0.717) is 16.5 Å². The van der Waals surface area contributed by atoms with Gasteiger partial charge in [0, 0.05) is 11.1 Å². The fourth-order valence-corrected chi connectivity index (χ4v) is 4.12. The van der Waals surface area contributed by atoms with E-state index in [4.69, 9.17) is 28.9 Å². The molecule has 7 heteroatoms. The molecule has 0 heterocycles. The number of carboxylic acids is 1. The van der Waals surface area contributed by atoms with Gasteiger partial charge in [-0.2, -0.15) is 0 Å². The molecule has 0 unspecified atom stereocenters. The summed E-state index contributed by atoms with van der Waals surface area (Å²) in [6.07, 6.45) is 1.99. The molecule has 3 atom stereocenters. The van der Waals surface area contributed by atoms with Crippen molar-refractivity contribution in [1.82, 2.24) is 0 Å². The van der Waals surface area contributed by atoms with Crippen molar-refractivity contribution < 1.29 is 14.7 Å². The predicted octanol–water partition coefficient (Wildman–Crippen LogP) is 4.67. The van der Waals surface area contributed by atoms with Gasteiger partial charge in [-0.1, -0.05) is 59.6 Å². The van der Waals surface area contributed by atoms with Crippen LogP contribution in [0.4, 0.5) is 5.69 Å². The predicted molar refractivity (Wildman–Crippen MR) is 110 cm³/mol. The maximum Gasteiger partial charge on any atom is 0.320 e. The van der Waals surface area contributed by atoms with Crippen molar-refractivity contribution in [2.75, 3.05) is 5.32 Å². The lowest BCUT2D eigenvalue weighted by molar-refractivity contribution is -0.149. The first-order chi connectivity index (χ1) is 13.3. The van der Waals surface area contributed by atoms with Gasteiger partial charge in [-0.3, -0.25) is 9.59 Å². The van der Waals surface area contributed by atoms with Gasteiger partial charge in [-0.15, -0.1) is 6.58 Å². The fraction of sp³-hybridized carbons (Fsp3) is 0.238. The number of nitrogens with one attached hydrogen (secondary N) is 1. The first-order valence-corrected chi connectivity index (χ1v) is 9.45. The van der Waals surface area contributed by atoms with E-state index in [1.165, 1.54) is 0 Å². The fourth-order valence-electron chi connectivity index (χ4n) is 3.82. The first-order valence-electron chi connectivity index (χ1n) is 8.69. The van der Waals surface area contributed by atoms with Gasteiger partial charge in [0.15, 0.2) is 5.41 Å². The minimum atomic E-state index is -1.64. The molecule has 2 aromatic rings. The number of carboxylic acid groups (broad SMARTS) is 1. The number of hydrogen-bond donors (Lipinski definition) is 3. The summed E-state index contributed by atoms with van der Waals surface area (Å²) in [7, 11) is 0. The first kappa shape index (κ1) is 20.2. The molecule has 28 heavy (non-hydrogen) atoms. The average molecular weight is 419 g/mol. The third kappa shape index (κ3) is 3.36. The van der Waals surface area contributed by atoms with Crippen LogP contribution in [0.15, 0.2) is 61.2 Å². The molecule has 4 N–H and O–H groups in total. The van der Waals surface area contributed by atoms with Gasteiger partial charge in [-0.25, -0.2) is 0 Å². The Labute approximate surface area is 173 Å². The van der Waals surface area contributed by atoms with E-state index in [9.17, 15) is 14.7 Å². The van der Waals surface area contributed by atoms with Crippen molar-refractivity contribution in [3.63, 3.8) is 0 Å². The van der Waals surface area contributed by atoms with Gasteiger partial charge < -0.3 is 16.2 Å². The van der Waals surface area contributed by atoms with E-state index in [-0.39, 0.29) is 12.5 Å². The Morgan fingerprint density at radius 2 is 1.89 bits per heavy atom. The van der Waals surface area contributed by atoms with Gasteiger partial charge >= 0.3 is 5.97 Å². The largest absolute Gasteiger partial charge is 0.480 e. The van der Waals surface area contributed by atoms with Crippen molar-refractivity contribution >= 4 is 40.8 Å². The summed E-state index contributed by atoms with van der Waals surface area (Å²) < 4.78 is 0. The summed E-state index contributed by atoms with van der Waals surface area (Å²) in [6.45, 7) is 3.80. The zero-order valence-electron chi connectivity index (χ0n) is 15.0. The number of hydrogen-bond acceptors (Lipinski definition) is 3. The second-order valence-electron chi connectivity index (χ2n) is 7.05. The Morgan fingerprint density at radius 3 is 2.39 bits per heavy atom. The molecule has 1 aliphatic carbocycles. The minimum absolute atomic E-state index is 0.126. The van der Waals surface area contributed by atoms with E-state index in [1.807, 2.05) is 30.3 Å². The van der Waals surface area contributed by atoms with E-state index in [2.05, 4.69) is 11.9 Å². The number of amides is 1. The topological polar surface area (TPSA) is 92.4 Å². The van der Waals surface area contributed by atoms with Crippen molar-refractivity contribution in [2.45, 2.75) is 18.9 Å². The Morgan fingerprint density at radius 1 is 1.21 bits per heavy atom. The number of allylic oxidation sites excluding steroid dienone is 1. The molecular formula is C21H20Cl2N2O3. The minimum Gasteiger partial charge on any atom is -0.480 e. The molecule has 1 aliphatic rings. The standard InChI is InChI=1S/C21H20Cl2N2O3/c1-2-20(12-21(20,18(24)26)19(27)28)11-17(13-6-4-3-5-7-13)25-14-8-9-15(22)16(23)10-14/h2-10,17,25H,1,11-12H2,(H2,24,26)(H,27,28)/t17-,20+,21-/m0/s1. The third-order valence-electron chi connectivity index (χ3n) is 5.51.